The van der Waals surface area contributed by atoms with Crippen molar-refractivity contribution in [1.29, 1.82) is 0 Å². The van der Waals surface area contributed by atoms with Gasteiger partial charge in [0, 0.05) is 0 Å². The van der Waals surface area contributed by atoms with Crippen LogP contribution in [0.15, 0.2) is 30.3 Å². The fraction of sp³-hybridized carbons (Fsp3) is 0.429. The summed E-state index contributed by atoms with van der Waals surface area (Å²) in [5.74, 6) is -1.77. The molecule has 1 rings (SSSR count). The summed E-state index contributed by atoms with van der Waals surface area (Å²) < 4.78 is 0. The maximum absolute atomic E-state index is 11.8. The standard InChI is InChI=1S/C14H19NO4/c1-2-3-9-11(14(18)19)15-13(17)12(16)10-7-5-4-6-8-10/h4-8,11-12,16H,2-3,9H2,1H3,(H,15,17)(H,18,19)/t11?,12-/m0/s1. The molecule has 5 heteroatoms. The van der Waals surface area contributed by atoms with Gasteiger partial charge >= 0.3 is 5.97 Å². The van der Waals surface area contributed by atoms with Crippen LogP contribution in [0.25, 0.3) is 0 Å². The van der Waals surface area contributed by atoms with Gasteiger partial charge in [0.25, 0.3) is 5.91 Å². The van der Waals surface area contributed by atoms with E-state index in [1.54, 1.807) is 30.3 Å². The highest BCUT2D eigenvalue weighted by Crippen LogP contribution is 2.13. The van der Waals surface area contributed by atoms with Crippen LogP contribution < -0.4 is 5.32 Å². The van der Waals surface area contributed by atoms with E-state index in [2.05, 4.69) is 5.32 Å². The molecule has 2 atom stereocenters. The molecule has 1 aromatic carbocycles. The second-order valence-corrected chi connectivity index (χ2v) is 4.35. The van der Waals surface area contributed by atoms with Crippen molar-refractivity contribution in [2.45, 2.75) is 38.3 Å². The predicted octanol–water partition coefficient (Wildman–Crippen LogP) is 1.48. The zero-order valence-electron chi connectivity index (χ0n) is 10.9. The van der Waals surface area contributed by atoms with Gasteiger partial charge in [0.2, 0.25) is 0 Å². The van der Waals surface area contributed by atoms with Gasteiger partial charge < -0.3 is 15.5 Å². The van der Waals surface area contributed by atoms with Crippen molar-refractivity contribution in [1.82, 2.24) is 5.32 Å². The van der Waals surface area contributed by atoms with Crippen LogP contribution in [0.5, 0.6) is 0 Å². The number of unbranched alkanes of at least 4 members (excludes halogenated alkanes) is 1. The first-order valence-corrected chi connectivity index (χ1v) is 6.32. The van der Waals surface area contributed by atoms with Gasteiger partial charge in [0.05, 0.1) is 0 Å². The lowest BCUT2D eigenvalue weighted by molar-refractivity contribution is -0.143. The van der Waals surface area contributed by atoms with Crippen LogP contribution in [0, 0.1) is 0 Å². The van der Waals surface area contributed by atoms with Crippen LogP contribution in [0.2, 0.25) is 0 Å². The number of hydrogen-bond donors (Lipinski definition) is 3. The predicted molar refractivity (Wildman–Crippen MR) is 70.5 cm³/mol. The fourth-order valence-electron chi connectivity index (χ4n) is 1.70. The van der Waals surface area contributed by atoms with Crippen LogP contribution in [0.3, 0.4) is 0 Å². The molecule has 5 nitrogen and oxygen atoms in total. The lowest BCUT2D eigenvalue weighted by Gasteiger charge is -2.17. The minimum atomic E-state index is -1.34. The van der Waals surface area contributed by atoms with Gasteiger partial charge in [-0.25, -0.2) is 4.79 Å². The van der Waals surface area contributed by atoms with E-state index in [0.29, 0.717) is 18.4 Å². The van der Waals surface area contributed by atoms with Crippen molar-refractivity contribution in [3.8, 4) is 0 Å². The van der Waals surface area contributed by atoms with Crippen LogP contribution >= 0.6 is 0 Å². The number of nitrogens with one attached hydrogen (secondary N) is 1. The summed E-state index contributed by atoms with van der Waals surface area (Å²) >= 11 is 0. The summed E-state index contributed by atoms with van der Waals surface area (Å²) in [5.41, 5.74) is 0.444. The molecule has 1 aromatic rings. The van der Waals surface area contributed by atoms with Gasteiger partial charge in [-0.3, -0.25) is 4.79 Å². The van der Waals surface area contributed by atoms with Gasteiger partial charge in [0.1, 0.15) is 6.04 Å². The number of aliphatic hydroxyl groups excluding tert-OH is 1. The summed E-state index contributed by atoms with van der Waals surface area (Å²) in [6, 6.07) is 7.47. The third kappa shape index (κ3) is 4.71. The van der Waals surface area contributed by atoms with E-state index < -0.39 is 24.0 Å². The van der Waals surface area contributed by atoms with E-state index in [1.165, 1.54) is 0 Å². The second kappa shape index (κ2) is 7.53. The van der Waals surface area contributed by atoms with E-state index >= 15 is 0 Å². The van der Waals surface area contributed by atoms with Crippen molar-refractivity contribution < 1.29 is 19.8 Å². The van der Waals surface area contributed by atoms with E-state index in [4.69, 9.17) is 5.11 Å². The molecule has 0 radical (unpaired) electrons. The zero-order chi connectivity index (χ0) is 14.3. The van der Waals surface area contributed by atoms with E-state index in [0.717, 1.165) is 6.42 Å². The van der Waals surface area contributed by atoms with Crippen LogP contribution in [-0.4, -0.2) is 28.1 Å². The molecule has 0 heterocycles. The number of amides is 1. The Labute approximate surface area is 112 Å². The van der Waals surface area contributed by atoms with Crippen molar-refractivity contribution in [3.05, 3.63) is 35.9 Å². The fourth-order valence-corrected chi connectivity index (χ4v) is 1.70. The average molecular weight is 265 g/mol. The Morgan fingerprint density at radius 3 is 2.42 bits per heavy atom. The third-order valence-electron chi connectivity index (χ3n) is 2.82. The summed E-state index contributed by atoms with van der Waals surface area (Å²) in [5, 5.41) is 21.2. The van der Waals surface area contributed by atoms with Crippen molar-refractivity contribution in [3.63, 3.8) is 0 Å². The number of aliphatic carboxylic acids is 1. The minimum absolute atomic E-state index is 0.360. The third-order valence-corrected chi connectivity index (χ3v) is 2.82. The van der Waals surface area contributed by atoms with Gasteiger partial charge in [-0.1, -0.05) is 50.1 Å². The van der Waals surface area contributed by atoms with Gasteiger partial charge in [-0.15, -0.1) is 0 Å². The number of carboxylic acids is 1. The Kier molecular flexibility index (Phi) is 6.02. The van der Waals surface area contributed by atoms with Crippen molar-refractivity contribution in [2.75, 3.05) is 0 Å². The van der Waals surface area contributed by atoms with E-state index in [9.17, 15) is 14.7 Å². The first kappa shape index (κ1) is 15.2. The normalized spacial score (nSPS) is 13.6. The maximum Gasteiger partial charge on any atom is 0.326 e. The number of carboxylic acid groups (broad SMARTS) is 1. The highest BCUT2D eigenvalue weighted by atomic mass is 16.4. The quantitative estimate of drug-likeness (QED) is 0.697. The maximum atomic E-state index is 11.8. The smallest absolute Gasteiger partial charge is 0.326 e. The van der Waals surface area contributed by atoms with Gasteiger partial charge in [-0.05, 0) is 12.0 Å². The number of carbonyl (C=O) groups excluding carboxylic acids is 1. The van der Waals surface area contributed by atoms with Crippen LogP contribution in [0.1, 0.15) is 37.9 Å². The molecule has 104 valence electrons. The molecule has 0 fully saturated rings. The molecule has 0 bridgehead atoms. The molecule has 0 aliphatic carbocycles. The largest absolute Gasteiger partial charge is 0.480 e. The monoisotopic (exact) mass is 265 g/mol. The molecule has 0 saturated carbocycles. The molecule has 0 spiro atoms. The number of carbonyl (C=O) groups is 2. The molecule has 1 unspecified atom stereocenters. The number of hydrogen-bond acceptors (Lipinski definition) is 3. The van der Waals surface area contributed by atoms with Crippen molar-refractivity contribution >= 4 is 11.9 Å². The Morgan fingerprint density at radius 2 is 1.89 bits per heavy atom. The zero-order valence-corrected chi connectivity index (χ0v) is 10.9. The molecule has 1 amide bonds. The summed E-state index contributed by atoms with van der Waals surface area (Å²) in [7, 11) is 0. The molecular weight excluding hydrogens is 246 g/mol. The highest BCUT2D eigenvalue weighted by Gasteiger charge is 2.24. The number of benzene rings is 1. The molecular formula is C14H19NO4. The topological polar surface area (TPSA) is 86.6 Å². The molecule has 0 aliphatic rings. The minimum Gasteiger partial charge on any atom is -0.480 e. The lowest BCUT2D eigenvalue weighted by atomic mass is 10.1. The molecule has 3 N–H and O–H groups in total. The van der Waals surface area contributed by atoms with Crippen molar-refractivity contribution in [2.24, 2.45) is 0 Å². The Hall–Kier alpha value is -1.88. The Morgan fingerprint density at radius 1 is 1.26 bits per heavy atom. The first-order valence-electron chi connectivity index (χ1n) is 6.32. The Bertz CT molecular complexity index is 419. The number of rotatable bonds is 7. The van der Waals surface area contributed by atoms with Gasteiger partial charge in [0.15, 0.2) is 6.10 Å². The van der Waals surface area contributed by atoms with Crippen LogP contribution in [0.4, 0.5) is 0 Å². The SMILES string of the molecule is CCCCC(NC(=O)[C@@H](O)c1ccccc1)C(=O)O. The summed E-state index contributed by atoms with van der Waals surface area (Å²) in [6.45, 7) is 1.94. The lowest BCUT2D eigenvalue weighted by Crippen LogP contribution is -2.43. The molecule has 0 aliphatic heterocycles. The summed E-state index contributed by atoms with van der Waals surface area (Å²) in [6.07, 6.45) is 0.572. The molecule has 19 heavy (non-hydrogen) atoms. The summed E-state index contributed by atoms with van der Waals surface area (Å²) in [4.78, 5) is 22.8. The molecule has 0 saturated heterocycles. The van der Waals surface area contributed by atoms with Crippen LogP contribution in [-0.2, 0) is 9.59 Å². The van der Waals surface area contributed by atoms with E-state index in [-0.39, 0.29) is 0 Å². The highest BCUT2D eigenvalue weighted by molar-refractivity contribution is 5.86. The molecule has 0 aromatic heterocycles. The average Bonchev–Trinajstić information content (AvgIpc) is 2.43. The van der Waals surface area contributed by atoms with Gasteiger partial charge in [-0.2, -0.15) is 0 Å². The second-order valence-electron chi connectivity index (χ2n) is 4.35. The van der Waals surface area contributed by atoms with E-state index in [1.807, 2.05) is 6.92 Å². The first-order chi connectivity index (χ1) is 9.06. The Balaban J connectivity index is 2.64. The number of aliphatic hydroxyl groups is 1.